The van der Waals surface area contributed by atoms with Gasteiger partial charge in [0.2, 0.25) is 0 Å². The predicted octanol–water partition coefficient (Wildman–Crippen LogP) is 0.868. The van der Waals surface area contributed by atoms with E-state index in [-0.39, 0.29) is 0 Å². The van der Waals surface area contributed by atoms with Crippen LogP contribution in [0.25, 0.3) is 0 Å². The second-order valence-corrected chi connectivity index (χ2v) is 3.41. The van der Waals surface area contributed by atoms with Gasteiger partial charge in [0.25, 0.3) is 0 Å². The lowest BCUT2D eigenvalue weighted by atomic mass is 9.93. The Bertz CT molecular complexity index is 208. The summed E-state index contributed by atoms with van der Waals surface area (Å²) in [5.74, 6) is 0.465. The highest BCUT2D eigenvalue weighted by Gasteiger charge is 2.21. The molecule has 0 radical (unpaired) electrons. The molecule has 1 atom stereocenters. The van der Waals surface area contributed by atoms with E-state index in [1.807, 2.05) is 13.8 Å². The first kappa shape index (κ1) is 9.26. The van der Waals surface area contributed by atoms with Gasteiger partial charge < -0.3 is 16.5 Å². The number of nitrogens with two attached hydrogens (primary N) is 1. The summed E-state index contributed by atoms with van der Waals surface area (Å²) < 4.78 is 0. The molecule has 0 amide bonds. The van der Waals surface area contributed by atoms with E-state index in [9.17, 15) is 0 Å². The highest BCUT2D eigenvalue weighted by atomic mass is 14.9. The van der Waals surface area contributed by atoms with Crippen LogP contribution in [0.5, 0.6) is 0 Å². The SMILES string of the molecule is CC(=N)/C(=C(/C)N)C1CCNC1. The normalized spacial score (nSPS) is 25.3. The number of rotatable bonds is 2. The van der Waals surface area contributed by atoms with Crippen molar-refractivity contribution in [1.29, 1.82) is 5.41 Å². The first-order valence-electron chi connectivity index (χ1n) is 4.35. The Balaban J connectivity index is 2.79. The van der Waals surface area contributed by atoms with Gasteiger partial charge in [-0.15, -0.1) is 0 Å². The number of hydrogen-bond acceptors (Lipinski definition) is 3. The lowest BCUT2D eigenvalue weighted by molar-refractivity contribution is 0.696. The fraction of sp³-hybridized carbons (Fsp3) is 0.667. The molecule has 0 aromatic rings. The molecule has 4 N–H and O–H groups in total. The second-order valence-electron chi connectivity index (χ2n) is 3.41. The topological polar surface area (TPSA) is 61.9 Å². The van der Waals surface area contributed by atoms with Crippen molar-refractivity contribution in [3.63, 3.8) is 0 Å². The van der Waals surface area contributed by atoms with Gasteiger partial charge in [-0.25, -0.2) is 0 Å². The van der Waals surface area contributed by atoms with Crippen molar-refractivity contribution in [2.24, 2.45) is 11.7 Å². The minimum absolute atomic E-state index is 0.465. The molecule has 12 heavy (non-hydrogen) atoms. The fourth-order valence-electron chi connectivity index (χ4n) is 1.82. The van der Waals surface area contributed by atoms with Crippen LogP contribution in [0.1, 0.15) is 20.3 Å². The Kier molecular flexibility index (Phi) is 2.87. The van der Waals surface area contributed by atoms with Crippen LogP contribution < -0.4 is 11.1 Å². The molecule has 0 aliphatic carbocycles. The van der Waals surface area contributed by atoms with Crippen molar-refractivity contribution in [3.05, 3.63) is 11.3 Å². The Labute approximate surface area is 73.5 Å². The van der Waals surface area contributed by atoms with Gasteiger partial charge >= 0.3 is 0 Å². The third-order valence-electron chi connectivity index (χ3n) is 2.30. The molecule has 1 fully saturated rings. The molecule has 68 valence electrons. The molecule has 0 aromatic heterocycles. The molecular formula is C9H17N3. The molecule has 0 aromatic carbocycles. The van der Waals surface area contributed by atoms with Crippen LogP contribution in [-0.2, 0) is 0 Å². The quantitative estimate of drug-likeness (QED) is 0.534. The molecule has 1 aliphatic rings. The largest absolute Gasteiger partial charge is 0.402 e. The third kappa shape index (κ3) is 1.85. The van der Waals surface area contributed by atoms with E-state index in [1.54, 1.807) is 0 Å². The predicted molar refractivity (Wildman–Crippen MR) is 51.3 cm³/mol. The van der Waals surface area contributed by atoms with E-state index < -0.39 is 0 Å². The minimum Gasteiger partial charge on any atom is -0.402 e. The number of hydrogen-bond donors (Lipinski definition) is 3. The molecule has 0 bridgehead atoms. The first-order valence-corrected chi connectivity index (χ1v) is 4.35. The maximum atomic E-state index is 7.58. The molecule has 1 rings (SSSR count). The van der Waals surface area contributed by atoms with Crippen molar-refractivity contribution in [3.8, 4) is 0 Å². The number of allylic oxidation sites excluding steroid dienone is 1. The minimum atomic E-state index is 0.465. The van der Waals surface area contributed by atoms with E-state index >= 15 is 0 Å². The average molecular weight is 167 g/mol. The monoisotopic (exact) mass is 167 g/mol. The lowest BCUT2D eigenvalue weighted by Gasteiger charge is -2.14. The summed E-state index contributed by atoms with van der Waals surface area (Å²) in [7, 11) is 0. The molecule has 3 nitrogen and oxygen atoms in total. The van der Waals surface area contributed by atoms with Crippen LogP contribution in [0.15, 0.2) is 11.3 Å². The van der Waals surface area contributed by atoms with Gasteiger partial charge in [-0.2, -0.15) is 0 Å². The molecule has 1 aliphatic heterocycles. The summed E-state index contributed by atoms with van der Waals surface area (Å²) in [4.78, 5) is 0. The Morgan fingerprint density at radius 2 is 2.17 bits per heavy atom. The molecule has 1 heterocycles. The zero-order chi connectivity index (χ0) is 9.14. The van der Waals surface area contributed by atoms with Crippen molar-refractivity contribution in [2.75, 3.05) is 13.1 Å². The zero-order valence-electron chi connectivity index (χ0n) is 7.78. The summed E-state index contributed by atoms with van der Waals surface area (Å²) in [5, 5.41) is 10.9. The van der Waals surface area contributed by atoms with Crippen LogP contribution in [0.2, 0.25) is 0 Å². The van der Waals surface area contributed by atoms with Crippen molar-refractivity contribution >= 4 is 5.71 Å². The lowest BCUT2D eigenvalue weighted by Crippen LogP contribution is -2.18. The van der Waals surface area contributed by atoms with Crippen molar-refractivity contribution in [2.45, 2.75) is 20.3 Å². The van der Waals surface area contributed by atoms with Crippen molar-refractivity contribution < 1.29 is 0 Å². The van der Waals surface area contributed by atoms with Crippen LogP contribution in [0, 0.1) is 11.3 Å². The van der Waals surface area contributed by atoms with Gasteiger partial charge in [-0.3, -0.25) is 0 Å². The van der Waals surface area contributed by atoms with E-state index in [2.05, 4.69) is 5.32 Å². The Hall–Kier alpha value is -0.830. The van der Waals surface area contributed by atoms with Gasteiger partial charge in [0.05, 0.1) is 0 Å². The highest BCUT2D eigenvalue weighted by Crippen LogP contribution is 2.20. The van der Waals surface area contributed by atoms with Gasteiger partial charge in [-0.1, -0.05) is 0 Å². The van der Waals surface area contributed by atoms with Crippen LogP contribution in [-0.4, -0.2) is 18.8 Å². The van der Waals surface area contributed by atoms with Gasteiger partial charge in [-0.05, 0) is 32.4 Å². The van der Waals surface area contributed by atoms with E-state index in [0.29, 0.717) is 11.6 Å². The first-order chi connectivity index (χ1) is 5.63. The summed E-state index contributed by atoms with van der Waals surface area (Å²) in [5.41, 5.74) is 8.19. The van der Waals surface area contributed by atoms with Crippen LogP contribution >= 0.6 is 0 Å². The molecule has 1 unspecified atom stereocenters. The van der Waals surface area contributed by atoms with E-state index in [0.717, 1.165) is 30.8 Å². The Morgan fingerprint density at radius 1 is 1.50 bits per heavy atom. The maximum absolute atomic E-state index is 7.58. The molecule has 0 saturated carbocycles. The average Bonchev–Trinajstić information content (AvgIpc) is 2.37. The summed E-state index contributed by atoms with van der Waals surface area (Å²) >= 11 is 0. The smallest absolute Gasteiger partial charge is 0.0335 e. The van der Waals surface area contributed by atoms with Gasteiger partial charge in [0.15, 0.2) is 0 Å². The summed E-state index contributed by atoms with van der Waals surface area (Å²) in [6.45, 7) is 5.71. The zero-order valence-corrected chi connectivity index (χ0v) is 7.78. The Morgan fingerprint density at radius 3 is 2.50 bits per heavy atom. The molecular weight excluding hydrogens is 150 g/mol. The summed E-state index contributed by atoms with van der Waals surface area (Å²) in [6.07, 6.45) is 1.11. The molecule has 1 saturated heterocycles. The van der Waals surface area contributed by atoms with Crippen molar-refractivity contribution in [1.82, 2.24) is 5.32 Å². The van der Waals surface area contributed by atoms with E-state index in [1.165, 1.54) is 0 Å². The third-order valence-corrected chi connectivity index (χ3v) is 2.30. The molecule has 3 heteroatoms. The second kappa shape index (κ2) is 3.72. The van der Waals surface area contributed by atoms with E-state index in [4.69, 9.17) is 11.1 Å². The number of nitrogens with one attached hydrogen (secondary N) is 2. The molecule has 0 spiro atoms. The fourth-order valence-corrected chi connectivity index (χ4v) is 1.82. The standard InChI is InChI=1S/C9H17N3/c1-6(10)9(7(2)11)8-3-4-12-5-8/h8,10,12H,3-5,11H2,1-2H3/b9-7+,10-6?. The van der Waals surface area contributed by atoms with Crippen LogP contribution in [0.3, 0.4) is 0 Å². The van der Waals surface area contributed by atoms with Gasteiger partial charge in [0, 0.05) is 23.9 Å². The highest BCUT2D eigenvalue weighted by molar-refractivity contribution is 5.96. The maximum Gasteiger partial charge on any atom is 0.0335 e. The summed E-state index contributed by atoms with van der Waals surface area (Å²) in [6, 6.07) is 0. The van der Waals surface area contributed by atoms with Crippen LogP contribution in [0.4, 0.5) is 0 Å². The van der Waals surface area contributed by atoms with Gasteiger partial charge in [0.1, 0.15) is 0 Å².